The Morgan fingerprint density at radius 3 is 2.00 bits per heavy atom. The van der Waals surface area contributed by atoms with E-state index < -0.39 is 5.67 Å². The lowest BCUT2D eigenvalue weighted by Gasteiger charge is -2.12. The van der Waals surface area contributed by atoms with E-state index in [1.807, 2.05) is 20.9 Å². The monoisotopic (exact) mass is 161 g/mol. The predicted molar refractivity (Wildman–Crippen MR) is 47.6 cm³/mol. The van der Waals surface area contributed by atoms with Crippen LogP contribution in [-0.4, -0.2) is 30.2 Å². The van der Waals surface area contributed by atoms with Gasteiger partial charge in [0.2, 0.25) is 0 Å². The summed E-state index contributed by atoms with van der Waals surface area (Å²) < 4.78 is 13.1. The molecule has 0 aromatic rings. The number of likely N-dealkylation sites (tertiary alicyclic amines) is 1. The Labute approximate surface area is 69.6 Å². The summed E-state index contributed by atoms with van der Waals surface area (Å²) in [4.78, 5) is 2.06. The summed E-state index contributed by atoms with van der Waals surface area (Å²) in [6.07, 6.45) is 0.684. The second-order valence-electron chi connectivity index (χ2n) is 3.38. The van der Waals surface area contributed by atoms with Gasteiger partial charge in [-0.05, 0) is 27.3 Å². The largest absolute Gasteiger partial charge is 0.300 e. The van der Waals surface area contributed by atoms with Gasteiger partial charge in [-0.3, -0.25) is 0 Å². The molecule has 2 atom stereocenters. The van der Waals surface area contributed by atoms with Gasteiger partial charge in [0.25, 0.3) is 0 Å². The summed E-state index contributed by atoms with van der Waals surface area (Å²) in [5.41, 5.74) is -0.936. The minimum Gasteiger partial charge on any atom is -0.300 e. The van der Waals surface area contributed by atoms with E-state index in [9.17, 15) is 4.39 Å². The van der Waals surface area contributed by atoms with E-state index in [4.69, 9.17) is 0 Å². The molecule has 0 N–H and O–H groups in total. The number of hydrogen-bond donors (Lipinski definition) is 0. The van der Waals surface area contributed by atoms with E-state index in [2.05, 4.69) is 11.8 Å². The van der Waals surface area contributed by atoms with Crippen LogP contribution in [-0.2, 0) is 0 Å². The van der Waals surface area contributed by atoms with Gasteiger partial charge in [0.05, 0.1) is 0 Å². The number of rotatable bonds is 0. The van der Waals surface area contributed by atoms with Crippen LogP contribution in [0.2, 0.25) is 0 Å². The van der Waals surface area contributed by atoms with Crippen LogP contribution in [0.1, 0.15) is 34.1 Å². The van der Waals surface area contributed by atoms with Gasteiger partial charge in [-0.25, -0.2) is 4.39 Å². The molecule has 11 heavy (non-hydrogen) atoms. The molecule has 1 rings (SSSR count). The van der Waals surface area contributed by atoms with Crippen LogP contribution in [0.4, 0.5) is 4.39 Å². The lowest BCUT2D eigenvalue weighted by atomic mass is 10.1. The normalized spacial score (nSPS) is 38.2. The van der Waals surface area contributed by atoms with Gasteiger partial charge in [-0.1, -0.05) is 13.8 Å². The van der Waals surface area contributed by atoms with Crippen molar-refractivity contribution in [3.05, 3.63) is 0 Å². The molecule has 2 heteroatoms. The maximum Gasteiger partial charge on any atom is 0.122 e. The topological polar surface area (TPSA) is 3.24 Å². The van der Waals surface area contributed by atoms with Crippen molar-refractivity contribution in [3.63, 3.8) is 0 Å². The van der Waals surface area contributed by atoms with Crippen molar-refractivity contribution in [2.45, 2.75) is 45.8 Å². The highest BCUT2D eigenvalue weighted by Gasteiger charge is 2.36. The molecule has 68 valence electrons. The summed E-state index contributed by atoms with van der Waals surface area (Å²) in [5, 5.41) is 0. The van der Waals surface area contributed by atoms with Crippen molar-refractivity contribution in [1.29, 1.82) is 0 Å². The number of halogens is 1. The smallest absolute Gasteiger partial charge is 0.122 e. The lowest BCUT2D eigenvalue weighted by molar-refractivity contribution is 0.198. The van der Waals surface area contributed by atoms with Crippen LogP contribution < -0.4 is 0 Å². The minimum absolute atomic E-state index is 0.417. The van der Waals surface area contributed by atoms with Crippen molar-refractivity contribution in [2.75, 3.05) is 13.6 Å². The highest BCUT2D eigenvalue weighted by atomic mass is 19.1. The highest BCUT2D eigenvalue weighted by molar-refractivity contribution is 4.89. The van der Waals surface area contributed by atoms with E-state index in [1.54, 1.807) is 6.92 Å². The fraction of sp³-hybridized carbons (Fsp3) is 1.00. The Morgan fingerprint density at radius 2 is 1.91 bits per heavy atom. The van der Waals surface area contributed by atoms with Crippen LogP contribution in [0, 0.1) is 0 Å². The molecule has 0 aromatic carbocycles. The van der Waals surface area contributed by atoms with Gasteiger partial charge in [0.15, 0.2) is 0 Å². The highest BCUT2D eigenvalue weighted by Crippen LogP contribution is 2.28. The van der Waals surface area contributed by atoms with Crippen LogP contribution >= 0.6 is 0 Å². The molecule has 1 fully saturated rings. The Hall–Kier alpha value is -0.110. The average Bonchev–Trinajstić information content (AvgIpc) is 2.10. The van der Waals surface area contributed by atoms with E-state index in [1.165, 1.54) is 0 Å². The van der Waals surface area contributed by atoms with Crippen LogP contribution in [0.15, 0.2) is 0 Å². The standard InChI is InChI=1S/C7H14FN.C2H6/c1-6-4-7(2,8)5-9(6)3;1-2/h6H,4-5H2,1-3H3;1-2H3. The van der Waals surface area contributed by atoms with E-state index in [0.29, 0.717) is 19.0 Å². The second-order valence-corrected chi connectivity index (χ2v) is 3.38. The molecule has 1 aliphatic rings. The Morgan fingerprint density at radius 1 is 1.45 bits per heavy atom. The molecule has 0 saturated carbocycles. The first-order chi connectivity index (χ1) is 5.01. The van der Waals surface area contributed by atoms with Gasteiger partial charge < -0.3 is 4.90 Å². The Kier molecular flexibility index (Phi) is 4.01. The third-order valence-electron chi connectivity index (χ3n) is 2.05. The molecule has 1 aliphatic heterocycles. The third-order valence-corrected chi connectivity index (χ3v) is 2.05. The maximum atomic E-state index is 13.1. The fourth-order valence-corrected chi connectivity index (χ4v) is 1.51. The summed E-state index contributed by atoms with van der Waals surface area (Å²) >= 11 is 0. The van der Waals surface area contributed by atoms with Crippen molar-refractivity contribution in [3.8, 4) is 0 Å². The zero-order valence-electron chi connectivity index (χ0n) is 8.32. The summed E-state index contributed by atoms with van der Waals surface area (Å²) in [7, 11) is 1.97. The first kappa shape index (κ1) is 10.9. The van der Waals surface area contributed by atoms with Crippen molar-refractivity contribution in [2.24, 2.45) is 0 Å². The van der Waals surface area contributed by atoms with Gasteiger partial charge in [0, 0.05) is 12.6 Å². The number of alkyl halides is 1. The van der Waals surface area contributed by atoms with E-state index >= 15 is 0 Å². The van der Waals surface area contributed by atoms with Gasteiger partial charge >= 0.3 is 0 Å². The molecule has 0 bridgehead atoms. The summed E-state index contributed by atoms with van der Waals surface area (Å²) in [5.74, 6) is 0. The van der Waals surface area contributed by atoms with Crippen molar-refractivity contribution in [1.82, 2.24) is 4.90 Å². The molecule has 0 radical (unpaired) electrons. The van der Waals surface area contributed by atoms with Gasteiger partial charge in [-0.2, -0.15) is 0 Å². The quantitative estimate of drug-likeness (QED) is 0.527. The second kappa shape index (κ2) is 4.05. The predicted octanol–water partition coefficient (Wildman–Crippen LogP) is 2.46. The third kappa shape index (κ3) is 3.19. The average molecular weight is 161 g/mol. The van der Waals surface area contributed by atoms with Crippen molar-refractivity contribution < 1.29 is 4.39 Å². The van der Waals surface area contributed by atoms with Gasteiger partial charge in [0.1, 0.15) is 5.67 Å². The summed E-state index contributed by atoms with van der Waals surface area (Å²) in [6, 6.07) is 0.417. The molecule has 0 amide bonds. The Bertz CT molecular complexity index is 100. The van der Waals surface area contributed by atoms with Crippen LogP contribution in [0.3, 0.4) is 0 Å². The molecule has 1 saturated heterocycles. The fourth-order valence-electron chi connectivity index (χ4n) is 1.51. The molecular weight excluding hydrogens is 141 g/mol. The maximum absolute atomic E-state index is 13.1. The first-order valence-corrected chi connectivity index (χ1v) is 4.40. The van der Waals surface area contributed by atoms with Crippen molar-refractivity contribution >= 4 is 0 Å². The molecule has 1 heterocycles. The van der Waals surface area contributed by atoms with Crippen LogP contribution in [0.25, 0.3) is 0 Å². The molecule has 1 nitrogen and oxygen atoms in total. The molecule has 0 aliphatic carbocycles. The first-order valence-electron chi connectivity index (χ1n) is 4.40. The molecular formula is C9H20FN. The number of hydrogen-bond acceptors (Lipinski definition) is 1. The molecule has 0 spiro atoms. The van der Waals surface area contributed by atoms with E-state index in [-0.39, 0.29) is 0 Å². The molecule has 0 aromatic heterocycles. The molecule has 2 unspecified atom stereocenters. The lowest BCUT2D eigenvalue weighted by Crippen LogP contribution is -2.24. The van der Waals surface area contributed by atoms with Gasteiger partial charge in [-0.15, -0.1) is 0 Å². The Balaban J connectivity index is 0.000000461. The zero-order valence-corrected chi connectivity index (χ0v) is 8.32. The number of nitrogens with zero attached hydrogens (tertiary/aromatic N) is 1. The van der Waals surface area contributed by atoms with Crippen LogP contribution in [0.5, 0.6) is 0 Å². The zero-order chi connectivity index (χ0) is 9.07. The van der Waals surface area contributed by atoms with E-state index in [0.717, 1.165) is 0 Å². The SMILES string of the molecule is CC.CC1CC(C)(F)CN1C. The summed E-state index contributed by atoms with van der Waals surface area (Å²) in [6.45, 7) is 8.33. The minimum atomic E-state index is -0.936.